The second kappa shape index (κ2) is 9.86. The number of nitrogens with zero attached hydrogens (tertiary/aromatic N) is 3. The Morgan fingerprint density at radius 2 is 2.00 bits per heavy atom. The van der Waals surface area contributed by atoms with Crippen molar-refractivity contribution in [1.29, 1.82) is 0 Å². The van der Waals surface area contributed by atoms with Crippen molar-refractivity contribution in [2.75, 3.05) is 26.8 Å². The Hall–Kier alpha value is -2.72. The first-order valence-corrected chi connectivity index (χ1v) is 11.3. The van der Waals surface area contributed by atoms with Crippen molar-refractivity contribution in [3.63, 3.8) is 0 Å². The second-order valence-electron chi connectivity index (χ2n) is 6.85. The van der Waals surface area contributed by atoms with Gasteiger partial charge in [-0.2, -0.15) is 0 Å². The Morgan fingerprint density at radius 3 is 2.63 bits per heavy atom. The third-order valence-corrected chi connectivity index (χ3v) is 6.77. The van der Waals surface area contributed by atoms with Crippen molar-refractivity contribution in [3.8, 4) is 17.1 Å². The summed E-state index contributed by atoms with van der Waals surface area (Å²) < 4.78 is 38.4. The molecule has 0 radical (unpaired) electrons. The van der Waals surface area contributed by atoms with E-state index in [-0.39, 0.29) is 6.54 Å². The smallest absolute Gasteiger partial charge is 0.409 e. The lowest BCUT2D eigenvalue weighted by atomic mass is 10.1. The lowest BCUT2D eigenvalue weighted by Gasteiger charge is -2.30. The molecule has 0 aromatic carbocycles. The Balaban J connectivity index is 1.65. The number of likely N-dealkylation sites (tertiary alicyclic amines) is 1. The van der Waals surface area contributed by atoms with Crippen LogP contribution in [0.5, 0.6) is 5.75 Å². The van der Waals surface area contributed by atoms with Crippen LogP contribution in [0.4, 0.5) is 4.79 Å². The molecule has 0 saturated carbocycles. The summed E-state index contributed by atoms with van der Waals surface area (Å²) in [6.45, 7) is 2.78. The second-order valence-corrected chi connectivity index (χ2v) is 8.90. The van der Waals surface area contributed by atoms with Gasteiger partial charge in [0.25, 0.3) is 0 Å². The Morgan fingerprint density at radius 1 is 1.23 bits per heavy atom. The minimum absolute atomic E-state index is 0.0391. The van der Waals surface area contributed by atoms with Crippen LogP contribution in [0.2, 0.25) is 0 Å². The van der Waals surface area contributed by atoms with Gasteiger partial charge in [-0.25, -0.2) is 22.9 Å². The Kier molecular flexibility index (Phi) is 7.22. The van der Waals surface area contributed by atoms with Crippen molar-refractivity contribution >= 4 is 16.1 Å². The van der Waals surface area contributed by atoms with Crippen LogP contribution in [0.1, 0.15) is 25.5 Å². The molecular weight excluding hydrogens is 408 g/mol. The normalized spacial score (nSPS) is 15.1. The first-order chi connectivity index (χ1) is 14.4. The number of hydrogen-bond acceptors (Lipinski definition) is 7. The maximum absolute atomic E-state index is 12.8. The highest BCUT2D eigenvalue weighted by Crippen LogP contribution is 2.22. The quantitative estimate of drug-likeness (QED) is 0.711. The summed E-state index contributed by atoms with van der Waals surface area (Å²) in [5.41, 5.74) is 1.81. The fourth-order valence-electron chi connectivity index (χ4n) is 3.27. The molecule has 0 bridgehead atoms. The lowest BCUT2D eigenvalue weighted by Crippen LogP contribution is -2.45. The number of amides is 1. The molecule has 3 rings (SSSR count). The first-order valence-electron chi connectivity index (χ1n) is 9.79. The number of carbonyl (C=O) groups excluding carboxylic acids is 1. The zero-order chi connectivity index (χ0) is 21.6. The molecule has 0 atom stereocenters. The van der Waals surface area contributed by atoms with Gasteiger partial charge in [-0.15, -0.1) is 0 Å². The summed E-state index contributed by atoms with van der Waals surface area (Å²) in [6, 6.07) is 8.94. The van der Waals surface area contributed by atoms with Crippen molar-refractivity contribution in [3.05, 3.63) is 42.2 Å². The molecule has 9 nitrogen and oxygen atoms in total. The number of aromatic nitrogens is 2. The number of nitrogens with one attached hydrogen (secondary N) is 1. The van der Waals surface area contributed by atoms with Gasteiger partial charge in [-0.05, 0) is 31.9 Å². The van der Waals surface area contributed by atoms with Gasteiger partial charge in [-0.1, -0.05) is 6.07 Å². The largest absolute Gasteiger partial charge is 0.497 e. The molecule has 0 aliphatic carbocycles. The van der Waals surface area contributed by atoms with Crippen molar-refractivity contribution in [2.24, 2.45) is 0 Å². The zero-order valence-electron chi connectivity index (χ0n) is 17.1. The number of hydrogen-bond donors (Lipinski definition) is 1. The highest BCUT2D eigenvalue weighted by atomic mass is 32.2. The van der Waals surface area contributed by atoms with E-state index < -0.39 is 21.4 Å². The van der Waals surface area contributed by atoms with E-state index in [0.29, 0.717) is 55.4 Å². The Bertz CT molecular complexity index is 960. The van der Waals surface area contributed by atoms with Crippen LogP contribution in [0.25, 0.3) is 11.4 Å². The van der Waals surface area contributed by atoms with E-state index in [2.05, 4.69) is 14.7 Å². The number of piperidine rings is 1. The van der Waals surface area contributed by atoms with E-state index in [1.54, 1.807) is 32.4 Å². The van der Waals surface area contributed by atoms with Crippen molar-refractivity contribution in [1.82, 2.24) is 19.6 Å². The number of pyridine rings is 2. The highest BCUT2D eigenvalue weighted by molar-refractivity contribution is 7.90. The zero-order valence-corrected chi connectivity index (χ0v) is 17.9. The molecule has 2 aromatic heterocycles. The molecule has 10 heteroatoms. The van der Waals surface area contributed by atoms with E-state index in [1.165, 1.54) is 4.90 Å². The minimum atomic E-state index is -3.57. The molecule has 0 unspecified atom stereocenters. The molecular formula is C20H26N4O5S. The highest BCUT2D eigenvalue weighted by Gasteiger charge is 2.32. The minimum Gasteiger partial charge on any atom is -0.497 e. The van der Waals surface area contributed by atoms with Crippen molar-refractivity contribution < 1.29 is 22.7 Å². The molecule has 162 valence electrons. The van der Waals surface area contributed by atoms with Gasteiger partial charge >= 0.3 is 6.09 Å². The van der Waals surface area contributed by atoms with E-state index in [1.807, 2.05) is 18.2 Å². The molecule has 1 N–H and O–H groups in total. The molecule has 1 aliphatic rings. The molecule has 2 aromatic rings. The predicted molar refractivity (Wildman–Crippen MR) is 111 cm³/mol. The van der Waals surface area contributed by atoms with E-state index >= 15 is 0 Å². The standard InChI is InChI=1S/C20H26N4O5S/c1-3-29-20(25)24-10-7-17(8-11-24)30(26,27)22-14-15-12-16(28-2)13-19(23-15)18-6-4-5-9-21-18/h4-6,9,12-13,17,22H,3,7-8,10-11,14H2,1-2H3. The maximum Gasteiger partial charge on any atom is 0.409 e. The van der Waals surface area contributed by atoms with Crippen LogP contribution in [-0.2, 0) is 21.3 Å². The molecule has 1 saturated heterocycles. The molecule has 1 fully saturated rings. The average Bonchev–Trinajstić information content (AvgIpc) is 2.78. The monoisotopic (exact) mass is 434 g/mol. The van der Waals surface area contributed by atoms with Gasteiger partial charge in [-0.3, -0.25) is 4.98 Å². The first kappa shape index (κ1) is 22.0. The molecule has 0 spiro atoms. The van der Waals surface area contributed by atoms with Gasteiger partial charge < -0.3 is 14.4 Å². The van der Waals surface area contributed by atoms with Gasteiger partial charge in [0.15, 0.2) is 0 Å². The number of ether oxygens (including phenoxy) is 2. The number of sulfonamides is 1. The van der Waals surface area contributed by atoms with Crippen LogP contribution in [0.3, 0.4) is 0 Å². The van der Waals surface area contributed by atoms with Crippen molar-refractivity contribution in [2.45, 2.75) is 31.6 Å². The van der Waals surface area contributed by atoms with Gasteiger partial charge in [0.1, 0.15) is 5.75 Å². The van der Waals surface area contributed by atoms with Crippen LogP contribution < -0.4 is 9.46 Å². The fourth-order valence-corrected chi connectivity index (χ4v) is 4.69. The number of rotatable bonds is 7. The van der Waals surface area contributed by atoms with Crippen LogP contribution in [0, 0.1) is 0 Å². The van der Waals surface area contributed by atoms with Crippen LogP contribution in [0.15, 0.2) is 36.5 Å². The SMILES string of the molecule is CCOC(=O)N1CCC(S(=O)(=O)NCc2cc(OC)cc(-c3ccccn3)n2)CC1. The molecule has 3 heterocycles. The average molecular weight is 435 g/mol. The van der Waals surface area contributed by atoms with Gasteiger partial charge in [0.2, 0.25) is 10.0 Å². The van der Waals surface area contributed by atoms with Crippen LogP contribution >= 0.6 is 0 Å². The summed E-state index contributed by atoms with van der Waals surface area (Å²) in [5, 5.41) is -0.566. The summed E-state index contributed by atoms with van der Waals surface area (Å²) in [4.78, 5) is 22.1. The summed E-state index contributed by atoms with van der Waals surface area (Å²) in [6.07, 6.45) is 1.99. The topological polar surface area (TPSA) is 111 Å². The van der Waals surface area contributed by atoms with Crippen LogP contribution in [-0.4, -0.2) is 61.4 Å². The van der Waals surface area contributed by atoms with E-state index in [4.69, 9.17) is 9.47 Å². The molecule has 30 heavy (non-hydrogen) atoms. The van der Waals surface area contributed by atoms with Gasteiger partial charge in [0.05, 0.1) is 42.6 Å². The number of carbonyl (C=O) groups is 1. The summed E-state index contributed by atoms with van der Waals surface area (Å²) in [5.74, 6) is 0.572. The molecule has 1 amide bonds. The van der Waals surface area contributed by atoms with E-state index in [0.717, 1.165) is 0 Å². The summed E-state index contributed by atoms with van der Waals surface area (Å²) >= 11 is 0. The molecule has 1 aliphatic heterocycles. The predicted octanol–water partition coefficient (Wildman–Crippen LogP) is 2.19. The van der Waals surface area contributed by atoms with E-state index in [9.17, 15) is 13.2 Å². The van der Waals surface area contributed by atoms with Gasteiger partial charge in [0, 0.05) is 31.4 Å². The number of methoxy groups -OCH3 is 1. The third kappa shape index (κ3) is 5.45. The Labute approximate surface area is 176 Å². The summed E-state index contributed by atoms with van der Waals surface area (Å²) in [7, 11) is -2.02. The third-order valence-electron chi connectivity index (χ3n) is 4.88. The maximum atomic E-state index is 12.8. The lowest BCUT2D eigenvalue weighted by molar-refractivity contribution is 0.1000. The fraction of sp³-hybridized carbons (Fsp3) is 0.450.